The van der Waals surface area contributed by atoms with Crippen molar-refractivity contribution in [1.82, 2.24) is 10.2 Å². The number of amides is 2. The Labute approximate surface area is 158 Å². The molecule has 0 radical (unpaired) electrons. The highest BCUT2D eigenvalue weighted by Crippen LogP contribution is 2.18. The predicted molar refractivity (Wildman–Crippen MR) is 103 cm³/mol. The molecule has 2 amide bonds. The van der Waals surface area contributed by atoms with Crippen LogP contribution in [-0.2, 0) is 0 Å². The standard InChI is InChI=1S/C21H22FN3O2/c1-2-10-23-20(26)16-4-3-5-17(15-16)21(27)25-13-11-24(12-14-25)19-8-6-18(22)7-9-19/h2-9,15H,1,10-14H2,(H,23,26). The van der Waals surface area contributed by atoms with Crippen LogP contribution in [0.3, 0.4) is 0 Å². The van der Waals surface area contributed by atoms with Crippen LogP contribution in [0.1, 0.15) is 20.7 Å². The molecular weight excluding hydrogens is 345 g/mol. The van der Waals surface area contributed by atoms with E-state index in [9.17, 15) is 14.0 Å². The summed E-state index contributed by atoms with van der Waals surface area (Å²) in [6, 6.07) is 13.1. The number of nitrogens with zero attached hydrogens (tertiary/aromatic N) is 2. The molecule has 140 valence electrons. The number of rotatable bonds is 5. The van der Waals surface area contributed by atoms with Gasteiger partial charge in [-0.25, -0.2) is 4.39 Å². The number of piperazine rings is 1. The van der Waals surface area contributed by atoms with E-state index in [1.165, 1.54) is 12.1 Å². The first-order valence-electron chi connectivity index (χ1n) is 8.87. The number of carbonyl (C=O) groups is 2. The van der Waals surface area contributed by atoms with E-state index in [2.05, 4.69) is 16.8 Å². The minimum Gasteiger partial charge on any atom is -0.368 e. The van der Waals surface area contributed by atoms with Gasteiger partial charge >= 0.3 is 0 Å². The average Bonchev–Trinajstić information content (AvgIpc) is 2.72. The molecule has 1 aliphatic heterocycles. The van der Waals surface area contributed by atoms with Crippen molar-refractivity contribution < 1.29 is 14.0 Å². The Morgan fingerprint density at radius 2 is 1.70 bits per heavy atom. The molecule has 0 spiro atoms. The summed E-state index contributed by atoms with van der Waals surface area (Å²) in [6.45, 7) is 6.44. The van der Waals surface area contributed by atoms with E-state index in [0.29, 0.717) is 43.9 Å². The fourth-order valence-electron chi connectivity index (χ4n) is 3.06. The lowest BCUT2D eigenvalue weighted by Gasteiger charge is -2.36. The van der Waals surface area contributed by atoms with Gasteiger partial charge in [-0.15, -0.1) is 6.58 Å². The number of carbonyl (C=O) groups excluding carboxylic acids is 2. The fraction of sp³-hybridized carbons (Fsp3) is 0.238. The molecule has 2 aromatic carbocycles. The van der Waals surface area contributed by atoms with Gasteiger partial charge in [0.2, 0.25) is 0 Å². The number of hydrogen-bond acceptors (Lipinski definition) is 3. The SMILES string of the molecule is C=CCNC(=O)c1cccc(C(=O)N2CCN(c3ccc(F)cc3)CC2)c1. The van der Waals surface area contributed by atoms with Crippen LogP contribution in [0.5, 0.6) is 0 Å². The van der Waals surface area contributed by atoms with E-state index in [1.54, 1.807) is 47.4 Å². The summed E-state index contributed by atoms with van der Waals surface area (Å²) in [5.41, 5.74) is 1.90. The van der Waals surface area contributed by atoms with Crippen molar-refractivity contribution in [2.45, 2.75) is 0 Å². The Morgan fingerprint density at radius 1 is 1.04 bits per heavy atom. The number of halogens is 1. The second-order valence-electron chi connectivity index (χ2n) is 6.34. The second kappa shape index (κ2) is 8.49. The Hall–Kier alpha value is -3.15. The molecule has 2 aromatic rings. The topological polar surface area (TPSA) is 52.7 Å². The van der Waals surface area contributed by atoms with Crippen molar-refractivity contribution in [3.05, 3.63) is 78.1 Å². The van der Waals surface area contributed by atoms with Crippen LogP contribution >= 0.6 is 0 Å². The lowest BCUT2D eigenvalue weighted by atomic mass is 10.1. The molecular formula is C21H22FN3O2. The normalized spacial score (nSPS) is 14.0. The van der Waals surface area contributed by atoms with E-state index in [-0.39, 0.29) is 17.6 Å². The first-order valence-corrected chi connectivity index (χ1v) is 8.87. The van der Waals surface area contributed by atoms with Gasteiger partial charge in [0.1, 0.15) is 5.82 Å². The zero-order valence-electron chi connectivity index (χ0n) is 15.0. The highest BCUT2D eigenvalue weighted by molar-refractivity contribution is 5.99. The van der Waals surface area contributed by atoms with Crippen molar-refractivity contribution in [3.8, 4) is 0 Å². The summed E-state index contributed by atoms with van der Waals surface area (Å²) in [5.74, 6) is -0.581. The maximum Gasteiger partial charge on any atom is 0.253 e. The molecule has 6 heteroatoms. The van der Waals surface area contributed by atoms with Gasteiger partial charge in [0.05, 0.1) is 0 Å². The second-order valence-corrected chi connectivity index (χ2v) is 6.34. The Morgan fingerprint density at radius 3 is 2.37 bits per heavy atom. The minimum atomic E-state index is -0.260. The average molecular weight is 367 g/mol. The highest BCUT2D eigenvalue weighted by Gasteiger charge is 2.23. The first kappa shape index (κ1) is 18.6. The monoisotopic (exact) mass is 367 g/mol. The summed E-state index contributed by atoms with van der Waals surface area (Å²) in [4.78, 5) is 28.8. The molecule has 0 aromatic heterocycles. The van der Waals surface area contributed by atoms with Crippen molar-refractivity contribution in [3.63, 3.8) is 0 Å². The van der Waals surface area contributed by atoms with E-state index in [0.717, 1.165) is 5.69 Å². The van der Waals surface area contributed by atoms with Crippen LogP contribution in [0.2, 0.25) is 0 Å². The third-order valence-corrected chi connectivity index (χ3v) is 4.54. The molecule has 5 nitrogen and oxygen atoms in total. The lowest BCUT2D eigenvalue weighted by molar-refractivity contribution is 0.0747. The molecule has 1 heterocycles. The maximum absolute atomic E-state index is 13.1. The van der Waals surface area contributed by atoms with Gasteiger partial charge in [-0.3, -0.25) is 9.59 Å². The molecule has 1 fully saturated rings. The third kappa shape index (κ3) is 4.53. The Bertz CT molecular complexity index is 828. The summed E-state index contributed by atoms with van der Waals surface area (Å²) < 4.78 is 13.1. The molecule has 0 bridgehead atoms. The van der Waals surface area contributed by atoms with E-state index in [4.69, 9.17) is 0 Å². The van der Waals surface area contributed by atoms with Crippen molar-refractivity contribution >= 4 is 17.5 Å². The molecule has 1 saturated heterocycles. The number of anilines is 1. The van der Waals surface area contributed by atoms with Gasteiger partial charge in [0.15, 0.2) is 0 Å². The minimum absolute atomic E-state index is 0.0906. The van der Waals surface area contributed by atoms with Gasteiger partial charge < -0.3 is 15.1 Å². The largest absolute Gasteiger partial charge is 0.368 e. The zero-order chi connectivity index (χ0) is 19.2. The molecule has 1 aliphatic rings. The lowest BCUT2D eigenvalue weighted by Crippen LogP contribution is -2.48. The molecule has 0 unspecified atom stereocenters. The van der Waals surface area contributed by atoms with E-state index < -0.39 is 0 Å². The Kier molecular flexibility index (Phi) is 5.86. The van der Waals surface area contributed by atoms with Crippen LogP contribution in [0, 0.1) is 5.82 Å². The van der Waals surface area contributed by atoms with Crippen molar-refractivity contribution in [2.75, 3.05) is 37.6 Å². The van der Waals surface area contributed by atoms with Crippen molar-refractivity contribution in [2.24, 2.45) is 0 Å². The molecule has 1 N–H and O–H groups in total. The highest BCUT2D eigenvalue weighted by atomic mass is 19.1. The summed E-state index contributed by atoms with van der Waals surface area (Å²) >= 11 is 0. The number of nitrogens with one attached hydrogen (secondary N) is 1. The summed E-state index contributed by atoms with van der Waals surface area (Å²) in [5, 5.41) is 2.71. The molecule has 0 atom stereocenters. The van der Waals surface area contributed by atoms with Gasteiger partial charge in [-0.2, -0.15) is 0 Å². The van der Waals surface area contributed by atoms with Gasteiger partial charge in [-0.1, -0.05) is 12.1 Å². The van der Waals surface area contributed by atoms with Gasteiger partial charge in [0, 0.05) is 49.5 Å². The van der Waals surface area contributed by atoms with Crippen LogP contribution in [0.25, 0.3) is 0 Å². The fourth-order valence-corrected chi connectivity index (χ4v) is 3.06. The maximum atomic E-state index is 13.1. The predicted octanol–water partition coefficient (Wildman–Crippen LogP) is 2.70. The van der Waals surface area contributed by atoms with Crippen LogP contribution in [0.4, 0.5) is 10.1 Å². The van der Waals surface area contributed by atoms with Gasteiger partial charge in [0.25, 0.3) is 11.8 Å². The molecule has 0 aliphatic carbocycles. The van der Waals surface area contributed by atoms with Crippen LogP contribution in [-0.4, -0.2) is 49.4 Å². The van der Waals surface area contributed by atoms with E-state index in [1.807, 2.05) is 0 Å². The number of benzene rings is 2. The van der Waals surface area contributed by atoms with E-state index >= 15 is 0 Å². The zero-order valence-corrected chi connectivity index (χ0v) is 15.0. The molecule has 3 rings (SSSR count). The van der Waals surface area contributed by atoms with Crippen molar-refractivity contribution in [1.29, 1.82) is 0 Å². The van der Waals surface area contributed by atoms with Crippen LogP contribution < -0.4 is 10.2 Å². The number of hydrogen-bond donors (Lipinski definition) is 1. The Balaban J connectivity index is 1.63. The third-order valence-electron chi connectivity index (χ3n) is 4.54. The summed E-state index contributed by atoms with van der Waals surface area (Å²) in [7, 11) is 0. The molecule has 27 heavy (non-hydrogen) atoms. The summed E-state index contributed by atoms with van der Waals surface area (Å²) in [6.07, 6.45) is 1.60. The molecule has 0 saturated carbocycles. The first-order chi connectivity index (χ1) is 13.1. The van der Waals surface area contributed by atoms with Gasteiger partial charge in [-0.05, 0) is 42.5 Å². The quantitative estimate of drug-likeness (QED) is 0.827. The smallest absolute Gasteiger partial charge is 0.253 e. The van der Waals surface area contributed by atoms with Crippen LogP contribution in [0.15, 0.2) is 61.2 Å².